The number of nitro benzene ring substituents is 1. The molecule has 0 saturated carbocycles. The Morgan fingerprint density at radius 1 is 1.45 bits per heavy atom. The van der Waals surface area contributed by atoms with Crippen LogP contribution in [0.15, 0.2) is 18.2 Å². The van der Waals surface area contributed by atoms with Crippen molar-refractivity contribution in [1.29, 1.82) is 0 Å². The van der Waals surface area contributed by atoms with Crippen molar-refractivity contribution in [3.63, 3.8) is 0 Å². The number of non-ortho nitro benzene ring substituents is 1. The van der Waals surface area contributed by atoms with E-state index in [0.717, 1.165) is 5.56 Å². The number of esters is 1. The van der Waals surface area contributed by atoms with Crippen LogP contribution in [-0.2, 0) is 15.3 Å². The Morgan fingerprint density at radius 2 is 2.15 bits per heavy atom. The minimum Gasteiger partial charge on any atom is -0.496 e. The summed E-state index contributed by atoms with van der Waals surface area (Å²) >= 11 is 1.39. The van der Waals surface area contributed by atoms with Gasteiger partial charge in [-0.25, -0.2) is 0 Å². The first-order valence-electron chi connectivity index (χ1n) is 5.71. The highest BCUT2D eigenvalue weighted by Gasteiger charge is 2.14. The number of nitrogens with zero attached hydrogens (tertiary/aromatic N) is 1. The molecule has 0 aliphatic heterocycles. The normalized spacial score (nSPS) is 11.8. The van der Waals surface area contributed by atoms with Crippen molar-refractivity contribution >= 4 is 23.4 Å². The first kappa shape index (κ1) is 16.3. The number of thioether (sulfide) groups is 1. The van der Waals surface area contributed by atoms with Gasteiger partial charge in [-0.1, -0.05) is 0 Å². The maximum Gasteiger partial charge on any atom is 0.323 e. The van der Waals surface area contributed by atoms with E-state index in [4.69, 9.17) is 10.5 Å². The Bertz CT molecular complexity index is 495. The molecule has 0 radical (unpaired) electrons. The lowest BCUT2D eigenvalue weighted by Crippen LogP contribution is -2.33. The van der Waals surface area contributed by atoms with Gasteiger partial charge in [0.1, 0.15) is 11.8 Å². The number of ether oxygens (including phenoxy) is 2. The lowest BCUT2D eigenvalue weighted by Gasteiger charge is -2.09. The molecule has 0 fully saturated rings. The summed E-state index contributed by atoms with van der Waals surface area (Å²) in [7, 11) is 2.72. The Labute approximate surface area is 120 Å². The van der Waals surface area contributed by atoms with E-state index in [1.807, 2.05) is 0 Å². The van der Waals surface area contributed by atoms with Gasteiger partial charge in [0, 0.05) is 17.6 Å². The standard InChI is InChI=1S/C12H16N2O5S/c1-18-10-4-8(3-9(5-10)14(16)17)6-20-7-11(13)12(15)19-2/h3-5,11H,6-7,13H2,1-2H3. The number of hydrogen-bond donors (Lipinski definition) is 1. The Hall–Kier alpha value is -1.80. The monoisotopic (exact) mass is 300 g/mol. The van der Waals surface area contributed by atoms with E-state index in [-0.39, 0.29) is 5.69 Å². The molecule has 0 saturated heterocycles. The molecule has 0 bridgehead atoms. The van der Waals surface area contributed by atoms with E-state index >= 15 is 0 Å². The lowest BCUT2D eigenvalue weighted by molar-refractivity contribution is -0.385. The summed E-state index contributed by atoms with van der Waals surface area (Å²) in [5.41, 5.74) is 6.30. The van der Waals surface area contributed by atoms with Crippen LogP contribution < -0.4 is 10.5 Å². The molecule has 1 rings (SSSR count). The summed E-state index contributed by atoms with van der Waals surface area (Å²) in [4.78, 5) is 21.4. The molecule has 0 amide bonds. The van der Waals surface area contributed by atoms with Crippen molar-refractivity contribution in [2.75, 3.05) is 20.0 Å². The molecular weight excluding hydrogens is 284 g/mol. The molecule has 20 heavy (non-hydrogen) atoms. The third-order valence-electron chi connectivity index (χ3n) is 2.47. The third kappa shape index (κ3) is 4.71. The molecule has 0 aromatic heterocycles. The SMILES string of the molecule is COC(=O)C(N)CSCc1cc(OC)cc([N+](=O)[O-])c1. The Morgan fingerprint density at radius 3 is 2.70 bits per heavy atom. The molecule has 1 atom stereocenters. The number of nitrogens with two attached hydrogens (primary N) is 1. The second kappa shape index (κ2) is 7.71. The van der Waals surface area contributed by atoms with E-state index in [0.29, 0.717) is 17.3 Å². The number of nitro groups is 1. The molecule has 0 aliphatic carbocycles. The Balaban J connectivity index is 2.65. The van der Waals surface area contributed by atoms with Gasteiger partial charge in [0.2, 0.25) is 0 Å². The predicted octanol–water partition coefficient (Wildman–Crippen LogP) is 1.34. The van der Waals surface area contributed by atoms with Crippen LogP contribution in [0.4, 0.5) is 5.69 Å². The average molecular weight is 300 g/mol. The maximum absolute atomic E-state index is 11.1. The first-order valence-corrected chi connectivity index (χ1v) is 6.87. The largest absolute Gasteiger partial charge is 0.496 e. The fourth-order valence-corrected chi connectivity index (χ4v) is 2.38. The summed E-state index contributed by atoms with van der Waals surface area (Å²) in [6.45, 7) is 0. The number of rotatable bonds is 7. The van der Waals surface area contributed by atoms with Crippen LogP contribution in [0.1, 0.15) is 5.56 Å². The summed E-state index contributed by atoms with van der Waals surface area (Å²) < 4.78 is 9.53. The van der Waals surface area contributed by atoms with E-state index in [1.54, 1.807) is 6.07 Å². The summed E-state index contributed by atoms with van der Waals surface area (Å²) in [6.07, 6.45) is 0. The van der Waals surface area contributed by atoms with Crippen molar-refractivity contribution in [1.82, 2.24) is 0 Å². The molecule has 0 heterocycles. The molecule has 110 valence electrons. The minimum atomic E-state index is -0.703. The van der Waals surface area contributed by atoms with Gasteiger partial charge in [0.25, 0.3) is 5.69 Å². The highest BCUT2D eigenvalue weighted by Crippen LogP contribution is 2.25. The second-order valence-electron chi connectivity index (χ2n) is 3.94. The van der Waals surface area contributed by atoms with Crippen LogP contribution in [-0.4, -0.2) is 36.9 Å². The molecule has 1 aromatic rings. The van der Waals surface area contributed by atoms with Crippen LogP contribution in [0.5, 0.6) is 5.75 Å². The topological polar surface area (TPSA) is 105 Å². The van der Waals surface area contributed by atoms with Crippen molar-refractivity contribution < 1.29 is 19.2 Å². The summed E-state index contributed by atoms with van der Waals surface area (Å²) in [5.74, 6) is 0.807. The van der Waals surface area contributed by atoms with Crippen molar-refractivity contribution in [3.8, 4) is 5.75 Å². The fourth-order valence-electron chi connectivity index (χ4n) is 1.47. The lowest BCUT2D eigenvalue weighted by atomic mass is 10.2. The third-order valence-corrected chi connectivity index (χ3v) is 3.60. The van der Waals surface area contributed by atoms with Gasteiger partial charge < -0.3 is 15.2 Å². The molecule has 1 unspecified atom stereocenters. The predicted molar refractivity (Wildman–Crippen MR) is 75.8 cm³/mol. The quantitative estimate of drug-likeness (QED) is 0.460. The smallest absolute Gasteiger partial charge is 0.323 e. The number of carbonyl (C=O) groups is 1. The van der Waals surface area contributed by atoms with Crippen LogP contribution >= 0.6 is 11.8 Å². The highest BCUT2D eigenvalue weighted by molar-refractivity contribution is 7.98. The molecule has 8 heteroatoms. The van der Waals surface area contributed by atoms with E-state index in [2.05, 4.69) is 4.74 Å². The van der Waals surface area contributed by atoms with Crippen molar-refractivity contribution in [2.45, 2.75) is 11.8 Å². The summed E-state index contributed by atoms with van der Waals surface area (Å²) in [6, 6.07) is 3.84. The van der Waals surface area contributed by atoms with E-state index in [9.17, 15) is 14.9 Å². The van der Waals surface area contributed by atoms with Gasteiger partial charge in [-0.05, 0) is 11.6 Å². The van der Waals surface area contributed by atoms with Crippen molar-refractivity contribution in [2.24, 2.45) is 5.73 Å². The van der Waals surface area contributed by atoms with Gasteiger partial charge in [-0.15, -0.1) is 0 Å². The highest BCUT2D eigenvalue weighted by atomic mass is 32.2. The molecule has 0 spiro atoms. The molecule has 0 aliphatic rings. The van der Waals surface area contributed by atoms with E-state index in [1.165, 1.54) is 38.1 Å². The van der Waals surface area contributed by atoms with Crippen LogP contribution in [0, 0.1) is 10.1 Å². The number of hydrogen-bond acceptors (Lipinski definition) is 7. The van der Waals surface area contributed by atoms with Crippen LogP contribution in [0.2, 0.25) is 0 Å². The van der Waals surface area contributed by atoms with Gasteiger partial charge in [-0.2, -0.15) is 11.8 Å². The molecule has 2 N–H and O–H groups in total. The zero-order valence-electron chi connectivity index (χ0n) is 11.2. The molecule has 1 aromatic carbocycles. The fraction of sp³-hybridized carbons (Fsp3) is 0.417. The van der Waals surface area contributed by atoms with Gasteiger partial charge in [0.15, 0.2) is 0 Å². The zero-order valence-corrected chi connectivity index (χ0v) is 12.0. The molecular formula is C12H16N2O5S. The zero-order chi connectivity index (χ0) is 15.1. The number of carbonyl (C=O) groups excluding carboxylic acids is 1. The summed E-state index contributed by atoms with van der Waals surface area (Å²) in [5, 5.41) is 10.8. The van der Waals surface area contributed by atoms with Gasteiger partial charge in [-0.3, -0.25) is 14.9 Å². The Kier molecular flexibility index (Phi) is 6.26. The average Bonchev–Trinajstić information content (AvgIpc) is 2.45. The van der Waals surface area contributed by atoms with Crippen LogP contribution in [0.3, 0.4) is 0 Å². The van der Waals surface area contributed by atoms with Gasteiger partial charge >= 0.3 is 5.97 Å². The second-order valence-corrected chi connectivity index (χ2v) is 4.97. The van der Waals surface area contributed by atoms with Gasteiger partial charge in [0.05, 0.1) is 25.2 Å². The number of methoxy groups -OCH3 is 2. The molecule has 7 nitrogen and oxygen atoms in total. The first-order chi connectivity index (χ1) is 9.47. The number of benzene rings is 1. The van der Waals surface area contributed by atoms with Crippen molar-refractivity contribution in [3.05, 3.63) is 33.9 Å². The van der Waals surface area contributed by atoms with E-state index < -0.39 is 16.9 Å². The van der Waals surface area contributed by atoms with Crippen LogP contribution in [0.25, 0.3) is 0 Å². The minimum absolute atomic E-state index is 0.0304. The maximum atomic E-state index is 11.1.